The van der Waals surface area contributed by atoms with Gasteiger partial charge in [-0.05, 0) is 24.1 Å². The summed E-state index contributed by atoms with van der Waals surface area (Å²) in [5.41, 5.74) is 6.29. The molecule has 3 aromatic rings. The van der Waals surface area contributed by atoms with Crippen molar-refractivity contribution in [3.8, 4) is 0 Å². The number of nitrogens with one attached hydrogen (secondary N) is 2. The van der Waals surface area contributed by atoms with Crippen molar-refractivity contribution in [1.29, 1.82) is 0 Å². The Kier molecular flexibility index (Phi) is 4.79. The lowest BCUT2D eigenvalue weighted by molar-refractivity contribution is 0.0957. The van der Waals surface area contributed by atoms with Gasteiger partial charge in [-0.1, -0.05) is 50.2 Å². The summed E-state index contributed by atoms with van der Waals surface area (Å²) in [7, 11) is 0. The lowest BCUT2D eigenvalue weighted by atomic mass is 10.1. The number of fused-ring (bicyclic) bond motifs is 1. The van der Waals surface area contributed by atoms with Gasteiger partial charge in [-0.3, -0.25) is 20.4 Å². The van der Waals surface area contributed by atoms with Crippen LogP contribution in [0.4, 0.5) is 5.69 Å². The number of nitrogens with zero attached hydrogens (tertiary/aromatic N) is 2. The maximum Gasteiger partial charge on any atom is 0.290 e. The number of carbonyl (C=O) groups is 1. The summed E-state index contributed by atoms with van der Waals surface area (Å²) in [5, 5.41) is 5.34. The van der Waals surface area contributed by atoms with Gasteiger partial charge in [0, 0.05) is 11.9 Å². The molecule has 0 saturated carbocycles. The zero-order chi connectivity index (χ0) is 17.8. The number of anilines is 1. The van der Waals surface area contributed by atoms with Crippen molar-refractivity contribution in [1.82, 2.24) is 15.2 Å². The van der Waals surface area contributed by atoms with Crippen LogP contribution >= 0.6 is 0 Å². The van der Waals surface area contributed by atoms with Gasteiger partial charge < -0.3 is 0 Å². The van der Waals surface area contributed by atoms with E-state index in [2.05, 4.69) is 16.0 Å². The molecule has 0 aliphatic rings. The average Bonchev–Trinajstić information content (AvgIpc) is 2.62. The first-order valence-electron chi connectivity index (χ1n) is 8.17. The predicted molar refractivity (Wildman–Crippen MR) is 98.4 cm³/mol. The number of carbonyl (C=O) groups excluding carboxylic acids is 1. The average molecular weight is 336 g/mol. The Morgan fingerprint density at radius 2 is 1.68 bits per heavy atom. The molecule has 0 unspecified atom stereocenters. The molecule has 6 nitrogen and oxygen atoms in total. The standard InChI is InChI=1S/C19H20N4O2/c1-13(2)12-23-19(25)16-11-7-6-10-15(16)17(22-23)18(24)21-20-14-8-4-3-5-9-14/h3-11,13,20H,12H2,1-2H3,(H,21,24). The predicted octanol–water partition coefficient (Wildman–Crippen LogP) is 2.81. The van der Waals surface area contributed by atoms with E-state index in [9.17, 15) is 9.59 Å². The summed E-state index contributed by atoms with van der Waals surface area (Å²) in [4.78, 5) is 25.2. The van der Waals surface area contributed by atoms with Crippen LogP contribution in [0.3, 0.4) is 0 Å². The van der Waals surface area contributed by atoms with Crippen molar-refractivity contribution in [2.24, 2.45) is 5.92 Å². The molecular weight excluding hydrogens is 316 g/mol. The third-order valence-electron chi connectivity index (χ3n) is 3.72. The van der Waals surface area contributed by atoms with Crippen LogP contribution in [-0.4, -0.2) is 15.7 Å². The highest BCUT2D eigenvalue weighted by atomic mass is 16.2. The molecule has 0 spiro atoms. The molecule has 0 bridgehead atoms. The number of hydrazine groups is 1. The van der Waals surface area contributed by atoms with Crippen LogP contribution in [0.2, 0.25) is 0 Å². The highest BCUT2D eigenvalue weighted by Crippen LogP contribution is 2.14. The minimum Gasteiger partial charge on any atom is -0.298 e. The number of hydrogen-bond donors (Lipinski definition) is 2. The minimum absolute atomic E-state index is 0.183. The molecule has 0 saturated heterocycles. The van der Waals surface area contributed by atoms with Crippen LogP contribution < -0.4 is 16.4 Å². The van der Waals surface area contributed by atoms with E-state index in [0.29, 0.717) is 17.3 Å². The number of benzene rings is 2. The first kappa shape index (κ1) is 16.7. The van der Waals surface area contributed by atoms with Crippen molar-refractivity contribution in [3.05, 3.63) is 70.6 Å². The normalized spacial score (nSPS) is 10.8. The minimum atomic E-state index is -0.391. The van der Waals surface area contributed by atoms with Gasteiger partial charge in [0.25, 0.3) is 11.5 Å². The molecule has 0 aliphatic heterocycles. The first-order valence-corrected chi connectivity index (χ1v) is 8.17. The third kappa shape index (κ3) is 3.68. The lowest BCUT2D eigenvalue weighted by Gasteiger charge is -2.13. The van der Waals surface area contributed by atoms with Crippen molar-refractivity contribution in [3.63, 3.8) is 0 Å². The summed E-state index contributed by atoms with van der Waals surface area (Å²) < 4.78 is 1.37. The summed E-state index contributed by atoms with van der Waals surface area (Å²) >= 11 is 0. The second kappa shape index (κ2) is 7.17. The van der Waals surface area contributed by atoms with Crippen LogP contribution in [0.5, 0.6) is 0 Å². The summed E-state index contributed by atoms with van der Waals surface area (Å²) in [6.07, 6.45) is 0. The van der Waals surface area contributed by atoms with Gasteiger partial charge in [-0.2, -0.15) is 5.10 Å². The molecule has 6 heteroatoms. The Labute approximate surface area is 145 Å². The zero-order valence-corrected chi connectivity index (χ0v) is 14.2. The molecule has 0 radical (unpaired) electrons. The van der Waals surface area contributed by atoms with Crippen molar-refractivity contribution < 1.29 is 4.79 Å². The van der Waals surface area contributed by atoms with Gasteiger partial charge in [-0.15, -0.1) is 0 Å². The van der Waals surface area contributed by atoms with Crippen molar-refractivity contribution >= 4 is 22.4 Å². The van der Waals surface area contributed by atoms with Crippen LogP contribution in [0.15, 0.2) is 59.4 Å². The van der Waals surface area contributed by atoms with Gasteiger partial charge in [0.15, 0.2) is 5.69 Å². The van der Waals surface area contributed by atoms with E-state index in [0.717, 1.165) is 5.69 Å². The quantitative estimate of drug-likeness (QED) is 0.703. The third-order valence-corrected chi connectivity index (χ3v) is 3.72. The van der Waals surface area contributed by atoms with Crippen molar-refractivity contribution in [2.45, 2.75) is 20.4 Å². The maximum absolute atomic E-state index is 12.6. The Morgan fingerprint density at radius 1 is 1.04 bits per heavy atom. The fourth-order valence-corrected chi connectivity index (χ4v) is 2.58. The largest absolute Gasteiger partial charge is 0.298 e. The molecule has 128 valence electrons. The van der Waals surface area contributed by atoms with Crippen LogP contribution in [0, 0.1) is 5.92 Å². The molecule has 25 heavy (non-hydrogen) atoms. The molecule has 0 fully saturated rings. The number of rotatable bonds is 5. The smallest absolute Gasteiger partial charge is 0.290 e. The molecule has 0 atom stereocenters. The van der Waals surface area contributed by atoms with E-state index < -0.39 is 5.91 Å². The van der Waals surface area contributed by atoms with Gasteiger partial charge in [0.05, 0.1) is 11.1 Å². The second-order valence-electron chi connectivity index (χ2n) is 6.22. The Balaban J connectivity index is 1.97. The van der Waals surface area contributed by atoms with Gasteiger partial charge in [-0.25, -0.2) is 4.68 Å². The molecule has 1 heterocycles. The van der Waals surface area contributed by atoms with Crippen molar-refractivity contribution in [2.75, 3.05) is 5.43 Å². The van der Waals surface area contributed by atoms with Crippen LogP contribution in [0.1, 0.15) is 24.3 Å². The topological polar surface area (TPSA) is 76.0 Å². The number of para-hydroxylation sites is 1. The number of aromatic nitrogens is 2. The Bertz CT molecular complexity index is 949. The molecule has 2 N–H and O–H groups in total. The van der Waals surface area contributed by atoms with E-state index in [1.54, 1.807) is 24.3 Å². The van der Waals surface area contributed by atoms with Crippen LogP contribution in [0.25, 0.3) is 10.8 Å². The summed E-state index contributed by atoms with van der Waals surface area (Å²) in [6.45, 7) is 4.45. The summed E-state index contributed by atoms with van der Waals surface area (Å²) in [6, 6.07) is 16.3. The van der Waals surface area contributed by atoms with E-state index >= 15 is 0 Å². The molecule has 0 aliphatic carbocycles. The van der Waals surface area contributed by atoms with Crippen LogP contribution in [-0.2, 0) is 6.54 Å². The molecule has 3 rings (SSSR count). The molecule has 1 aromatic heterocycles. The van der Waals surface area contributed by atoms with E-state index in [4.69, 9.17) is 0 Å². The lowest BCUT2D eigenvalue weighted by Crippen LogP contribution is -2.34. The molecule has 2 aromatic carbocycles. The van der Waals surface area contributed by atoms with Gasteiger partial charge >= 0.3 is 0 Å². The number of hydrogen-bond acceptors (Lipinski definition) is 4. The highest BCUT2D eigenvalue weighted by Gasteiger charge is 2.16. The van der Waals surface area contributed by atoms with E-state index in [-0.39, 0.29) is 17.2 Å². The second-order valence-corrected chi connectivity index (χ2v) is 6.22. The van der Waals surface area contributed by atoms with Gasteiger partial charge in [0.2, 0.25) is 0 Å². The Morgan fingerprint density at radius 3 is 2.36 bits per heavy atom. The Hall–Kier alpha value is -3.15. The summed E-state index contributed by atoms with van der Waals surface area (Å²) in [5.74, 6) is -0.151. The van der Waals surface area contributed by atoms with Gasteiger partial charge in [0.1, 0.15) is 0 Å². The fourth-order valence-electron chi connectivity index (χ4n) is 2.58. The monoisotopic (exact) mass is 336 g/mol. The molecular formula is C19H20N4O2. The fraction of sp³-hybridized carbons (Fsp3) is 0.211. The number of amides is 1. The molecule has 1 amide bonds. The van der Waals surface area contributed by atoms with E-state index in [1.807, 2.05) is 44.2 Å². The first-order chi connectivity index (χ1) is 12.1. The SMILES string of the molecule is CC(C)Cn1nc(C(=O)NNc2ccccc2)c2ccccc2c1=O. The van der Waals surface area contributed by atoms with E-state index in [1.165, 1.54) is 4.68 Å². The zero-order valence-electron chi connectivity index (χ0n) is 14.2. The highest BCUT2D eigenvalue weighted by molar-refractivity contribution is 6.05. The maximum atomic E-state index is 12.6.